The number of phenolic OH excluding ortho intramolecular Hbond substituents is 1. The van der Waals surface area contributed by atoms with Crippen LogP contribution in [0.25, 0.3) is 0 Å². The second-order valence-electron chi connectivity index (χ2n) is 5.49. The molecule has 0 radical (unpaired) electrons. The highest BCUT2D eigenvalue weighted by Crippen LogP contribution is 2.20. The number of phenols is 1. The Labute approximate surface area is 135 Å². The molecule has 0 aliphatic rings. The zero-order valence-corrected chi connectivity index (χ0v) is 13.5. The highest BCUT2D eigenvalue weighted by atomic mass is 16.3. The van der Waals surface area contributed by atoms with Crippen LogP contribution < -0.4 is 5.32 Å². The molecular formula is C18H20N2O3. The summed E-state index contributed by atoms with van der Waals surface area (Å²) in [4.78, 5) is 25.7. The zero-order valence-electron chi connectivity index (χ0n) is 13.5. The predicted octanol–water partition coefficient (Wildman–Crippen LogP) is 2.72. The lowest BCUT2D eigenvalue weighted by Crippen LogP contribution is -2.35. The van der Waals surface area contributed by atoms with E-state index < -0.39 is 5.91 Å². The van der Waals surface area contributed by atoms with Gasteiger partial charge in [0.1, 0.15) is 5.75 Å². The van der Waals surface area contributed by atoms with Gasteiger partial charge in [-0.2, -0.15) is 0 Å². The van der Waals surface area contributed by atoms with E-state index in [1.807, 2.05) is 32.0 Å². The number of hydrogen-bond acceptors (Lipinski definition) is 3. The van der Waals surface area contributed by atoms with Crippen LogP contribution in [0.3, 0.4) is 0 Å². The molecular weight excluding hydrogens is 292 g/mol. The molecule has 120 valence electrons. The molecule has 0 unspecified atom stereocenters. The lowest BCUT2D eigenvalue weighted by atomic mass is 10.1. The van der Waals surface area contributed by atoms with Crippen LogP contribution in [0.5, 0.6) is 5.75 Å². The molecule has 23 heavy (non-hydrogen) atoms. The SMILES string of the molecule is Cc1cccc(C)c1NC(=O)CN(C)C(=O)c1ccccc1O. The molecule has 0 fully saturated rings. The number of anilines is 1. The lowest BCUT2D eigenvalue weighted by molar-refractivity contribution is -0.116. The number of carbonyl (C=O) groups excluding carboxylic acids is 2. The number of aryl methyl sites for hydroxylation is 2. The summed E-state index contributed by atoms with van der Waals surface area (Å²) in [7, 11) is 1.53. The van der Waals surface area contributed by atoms with Crippen LogP contribution in [0.4, 0.5) is 5.69 Å². The summed E-state index contributed by atoms with van der Waals surface area (Å²) >= 11 is 0. The number of para-hydroxylation sites is 2. The molecule has 2 amide bonds. The molecule has 0 aliphatic carbocycles. The molecule has 0 spiro atoms. The van der Waals surface area contributed by atoms with Crippen LogP contribution in [0.2, 0.25) is 0 Å². The average molecular weight is 312 g/mol. The summed E-state index contributed by atoms with van der Waals surface area (Å²) in [5.41, 5.74) is 2.87. The van der Waals surface area contributed by atoms with Gasteiger partial charge < -0.3 is 15.3 Å². The van der Waals surface area contributed by atoms with Crippen LogP contribution in [0.15, 0.2) is 42.5 Å². The Morgan fingerprint density at radius 2 is 1.65 bits per heavy atom. The summed E-state index contributed by atoms with van der Waals surface area (Å²) in [6, 6.07) is 12.0. The monoisotopic (exact) mass is 312 g/mol. The maximum Gasteiger partial charge on any atom is 0.257 e. The van der Waals surface area contributed by atoms with E-state index in [0.717, 1.165) is 16.8 Å². The van der Waals surface area contributed by atoms with E-state index in [4.69, 9.17) is 0 Å². The highest BCUT2D eigenvalue weighted by molar-refractivity contribution is 6.01. The molecule has 0 saturated heterocycles. The van der Waals surface area contributed by atoms with Gasteiger partial charge in [-0.1, -0.05) is 30.3 Å². The van der Waals surface area contributed by atoms with Crippen molar-refractivity contribution < 1.29 is 14.7 Å². The smallest absolute Gasteiger partial charge is 0.257 e. The third-order valence-corrected chi connectivity index (χ3v) is 3.61. The summed E-state index contributed by atoms with van der Waals surface area (Å²) in [5.74, 6) is -0.784. The van der Waals surface area contributed by atoms with Gasteiger partial charge in [0.05, 0.1) is 12.1 Å². The summed E-state index contributed by atoms with van der Waals surface area (Å²) in [5, 5.41) is 12.6. The van der Waals surface area contributed by atoms with Crippen LogP contribution in [0.1, 0.15) is 21.5 Å². The van der Waals surface area contributed by atoms with Gasteiger partial charge in [-0.15, -0.1) is 0 Å². The quantitative estimate of drug-likeness (QED) is 0.912. The standard InChI is InChI=1S/C18H20N2O3/c1-12-7-6-8-13(2)17(12)19-16(22)11-20(3)18(23)14-9-4-5-10-15(14)21/h4-10,21H,11H2,1-3H3,(H,19,22). The second-order valence-corrected chi connectivity index (χ2v) is 5.49. The fourth-order valence-electron chi connectivity index (χ4n) is 2.34. The number of benzene rings is 2. The van der Waals surface area contributed by atoms with Crippen molar-refractivity contribution in [3.8, 4) is 5.75 Å². The van der Waals surface area contributed by atoms with E-state index in [1.165, 1.54) is 24.1 Å². The minimum atomic E-state index is -0.403. The van der Waals surface area contributed by atoms with Gasteiger partial charge in [0.2, 0.25) is 5.91 Å². The first kappa shape index (κ1) is 16.5. The Balaban J connectivity index is 2.05. The fraction of sp³-hybridized carbons (Fsp3) is 0.222. The molecule has 5 heteroatoms. The van der Waals surface area contributed by atoms with Crippen LogP contribution in [-0.2, 0) is 4.79 Å². The first-order valence-electron chi connectivity index (χ1n) is 7.29. The van der Waals surface area contributed by atoms with Gasteiger partial charge in [0.15, 0.2) is 0 Å². The first-order chi connectivity index (χ1) is 10.9. The number of aromatic hydroxyl groups is 1. The number of likely N-dealkylation sites (N-methyl/N-ethyl adjacent to an activating group) is 1. The lowest BCUT2D eigenvalue weighted by Gasteiger charge is -2.18. The summed E-state index contributed by atoms with van der Waals surface area (Å²) in [6.45, 7) is 3.74. The van der Waals surface area contributed by atoms with E-state index in [9.17, 15) is 14.7 Å². The van der Waals surface area contributed by atoms with E-state index in [0.29, 0.717) is 0 Å². The van der Waals surface area contributed by atoms with Crippen molar-refractivity contribution in [2.24, 2.45) is 0 Å². The fourth-order valence-corrected chi connectivity index (χ4v) is 2.34. The van der Waals surface area contributed by atoms with Gasteiger partial charge in [0.25, 0.3) is 5.91 Å². The second kappa shape index (κ2) is 6.96. The van der Waals surface area contributed by atoms with Crippen molar-refractivity contribution in [3.05, 3.63) is 59.2 Å². The molecule has 0 atom stereocenters. The molecule has 2 aromatic carbocycles. The van der Waals surface area contributed by atoms with Crippen LogP contribution >= 0.6 is 0 Å². The molecule has 2 aromatic rings. The largest absolute Gasteiger partial charge is 0.507 e. The Morgan fingerprint density at radius 1 is 1.04 bits per heavy atom. The van der Waals surface area contributed by atoms with Gasteiger partial charge >= 0.3 is 0 Å². The van der Waals surface area contributed by atoms with Crippen LogP contribution in [-0.4, -0.2) is 35.4 Å². The highest BCUT2D eigenvalue weighted by Gasteiger charge is 2.18. The number of nitrogens with zero attached hydrogens (tertiary/aromatic N) is 1. The average Bonchev–Trinajstić information content (AvgIpc) is 2.51. The zero-order chi connectivity index (χ0) is 17.0. The third-order valence-electron chi connectivity index (χ3n) is 3.61. The Kier molecular flexibility index (Phi) is 5.01. The van der Waals surface area contributed by atoms with E-state index >= 15 is 0 Å². The van der Waals surface area contributed by atoms with E-state index in [2.05, 4.69) is 5.32 Å². The number of amides is 2. The molecule has 0 heterocycles. The van der Waals surface area contributed by atoms with Crippen molar-refractivity contribution >= 4 is 17.5 Å². The maximum atomic E-state index is 12.3. The molecule has 0 aromatic heterocycles. The van der Waals surface area contributed by atoms with Gasteiger partial charge in [-0.3, -0.25) is 9.59 Å². The van der Waals surface area contributed by atoms with Gasteiger partial charge in [-0.25, -0.2) is 0 Å². The van der Waals surface area contributed by atoms with E-state index in [1.54, 1.807) is 12.1 Å². The molecule has 2 rings (SSSR count). The summed E-state index contributed by atoms with van der Waals surface area (Å²) < 4.78 is 0. The first-order valence-corrected chi connectivity index (χ1v) is 7.29. The topological polar surface area (TPSA) is 69.6 Å². The Bertz CT molecular complexity index is 721. The normalized spacial score (nSPS) is 10.2. The Hall–Kier alpha value is -2.82. The number of hydrogen-bond donors (Lipinski definition) is 2. The van der Waals surface area contributed by atoms with Gasteiger partial charge in [0, 0.05) is 12.7 Å². The minimum absolute atomic E-state index is 0.0963. The van der Waals surface area contributed by atoms with E-state index in [-0.39, 0.29) is 23.8 Å². The molecule has 5 nitrogen and oxygen atoms in total. The summed E-state index contributed by atoms with van der Waals surface area (Å²) in [6.07, 6.45) is 0. The van der Waals surface area contributed by atoms with Crippen molar-refractivity contribution in [1.82, 2.24) is 4.90 Å². The third kappa shape index (κ3) is 3.88. The maximum absolute atomic E-state index is 12.3. The van der Waals surface area contributed by atoms with Crippen molar-refractivity contribution in [2.45, 2.75) is 13.8 Å². The molecule has 0 aliphatic heterocycles. The van der Waals surface area contributed by atoms with Gasteiger partial charge in [-0.05, 0) is 37.1 Å². The number of carbonyl (C=O) groups is 2. The minimum Gasteiger partial charge on any atom is -0.507 e. The molecule has 2 N–H and O–H groups in total. The van der Waals surface area contributed by atoms with Crippen LogP contribution in [0, 0.1) is 13.8 Å². The van der Waals surface area contributed by atoms with Crippen molar-refractivity contribution in [3.63, 3.8) is 0 Å². The molecule has 0 saturated carbocycles. The predicted molar refractivity (Wildman–Crippen MR) is 89.6 cm³/mol. The number of rotatable bonds is 4. The molecule has 0 bridgehead atoms. The van der Waals surface area contributed by atoms with Crippen molar-refractivity contribution in [2.75, 3.05) is 18.9 Å². The van der Waals surface area contributed by atoms with Crippen molar-refractivity contribution in [1.29, 1.82) is 0 Å². The Morgan fingerprint density at radius 3 is 2.26 bits per heavy atom. The number of nitrogens with one attached hydrogen (secondary N) is 1.